The van der Waals surface area contributed by atoms with E-state index in [9.17, 15) is 4.21 Å². The monoisotopic (exact) mass is 223 g/mol. The van der Waals surface area contributed by atoms with E-state index in [1.165, 1.54) is 0 Å². The first kappa shape index (κ1) is 11.7. The van der Waals surface area contributed by atoms with E-state index in [0.717, 1.165) is 13.0 Å². The smallest absolute Gasteiger partial charge is 0.142 e. The van der Waals surface area contributed by atoms with Gasteiger partial charge in [-0.25, -0.2) is 4.98 Å². The third-order valence-corrected chi connectivity index (χ3v) is 2.64. The molecule has 4 nitrogen and oxygen atoms in total. The van der Waals surface area contributed by atoms with Crippen molar-refractivity contribution in [1.29, 1.82) is 5.26 Å². The fourth-order valence-corrected chi connectivity index (χ4v) is 1.64. The van der Waals surface area contributed by atoms with Gasteiger partial charge in [0.1, 0.15) is 17.6 Å². The van der Waals surface area contributed by atoms with Gasteiger partial charge in [0, 0.05) is 29.4 Å². The second-order valence-electron chi connectivity index (χ2n) is 3.08. The van der Waals surface area contributed by atoms with Crippen LogP contribution >= 0.6 is 0 Å². The van der Waals surface area contributed by atoms with Crippen molar-refractivity contribution in [2.45, 2.75) is 6.42 Å². The van der Waals surface area contributed by atoms with Gasteiger partial charge in [-0.3, -0.25) is 4.21 Å². The molecule has 1 heterocycles. The Morgan fingerprint density at radius 1 is 1.60 bits per heavy atom. The van der Waals surface area contributed by atoms with Crippen LogP contribution in [0.1, 0.15) is 12.1 Å². The normalized spacial score (nSPS) is 11.7. The van der Waals surface area contributed by atoms with Gasteiger partial charge >= 0.3 is 0 Å². The molecule has 15 heavy (non-hydrogen) atoms. The summed E-state index contributed by atoms with van der Waals surface area (Å²) < 4.78 is 10.8. The SMILES string of the molecule is CS(=O)CCCNc1cccc(C#N)n1. The summed E-state index contributed by atoms with van der Waals surface area (Å²) in [5.74, 6) is 1.38. The molecule has 0 saturated carbocycles. The molecule has 0 radical (unpaired) electrons. The minimum absolute atomic E-state index is 0.402. The van der Waals surface area contributed by atoms with Gasteiger partial charge in [0.25, 0.3) is 0 Å². The second kappa shape index (κ2) is 6.14. The zero-order valence-electron chi connectivity index (χ0n) is 8.56. The lowest BCUT2D eigenvalue weighted by atomic mass is 10.3. The van der Waals surface area contributed by atoms with Crippen molar-refractivity contribution in [2.24, 2.45) is 0 Å². The number of anilines is 1. The summed E-state index contributed by atoms with van der Waals surface area (Å²) in [6, 6.07) is 7.23. The molecule has 0 aliphatic heterocycles. The zero-order valence-corrected chi connectivity index (χ0v) is 9.38. The fourth-order valence-electron chi connectivity index (χ4n) is 1.09. The maximum Gasteiger partial charge on any atom is 0.142 e. The Balaban J connectivity index is 2.38. The standard InChI is InChI=1S/C10H13N3OS/c1-15(14)7-3-6-12-10-5-2-4-9(8-11)13-10/h2,4-5H,3,6-7H2,1H3,(H,12,13). The van der Waals surface area contributed by atoms with Gasteiger partial charge in [-0.15, -0.1) is 0 Å². The summed E-state index contributed by atoms with van der Waals surface area (Å²) in [5.41, 5.74) is 0.402. The minimum Gasteiger partial charge on any atom is -0.370 e. The summed E-state index contributed by atoms with van der Waals surface area (Å²) in [5, 5.41) is 11.7. The number of pyridine rings is 1. The van der Waals surface area contributed by atoms with E-state index in [4.69, 9.17) is 5.26 Å². The lowest BCUT2D eigenvalue weighted by Crippen LogP contribution is -2.07. The summed E-state index contributed by atoms with van der Waals surface area (Å²) in [6.07, 6.45) is 2.52. The molecule has 0 aromatic carbocycles. The average Bonchev–Trinajstić information content (AvgIpc) is 2.24. The molecule has 0 bridgehead atoms. The number of nitriles is 1. The van der Waals surface area contributed by atoms with E-state index in [1.807, 2.05) is 12.1 Å². The predicted octanol–water partition coefficient (Wildman–Crippen LogP) is 1.13. The fraction of sp³-hybridized carbons (Fsp3) is 0.400. The summed E-state index contributed by atoms with van der Waals surface area (Å²) in [4.78, 5) is 4.06. The van der Waals surface area contributed by atoms with Crippen molar-refractivity contribution >= 4 is 16.6 Å². The molecule has 0 spiro atoms. The number of rotatable bonds is 5. The van der Waals surface area contributed by atoms with Crippen LogP contribution in [-0.2, 0) is 10.8 Å². The lowest BCUT2D eigenvalue weighted by molar-refractivity contribution is 0.685. The first-order chi connectivity index (χ1) is 7.22. The highest BCUT2D eigenvalue weighted by atomic mass is 32.2. The Bertz CT molecular complexity index is 386. The maximum atomic E-state index is 10.8. The molecule has 1 N–H and O–H groups in total. The van der Waals surface area contributed by atoms with Crippen molar-refractivity contribution in [3.05, 3.63) is 23.9 Å². The van der Waals surface area contributed by atoms with Gasteiger partial charge in [-0.1, -0.05) is 6.07 Å². The van der Waals surface area contributed by atoms with Gasteiger partial charge in [-0.05, 0) is 18.6 Å². The van der Waals surface area contributed by atoms with Gasteiger partial charge < -0.3 is 5.32 Å². The molecule has 0 fully saturated rings. The highest BCUT2D eigenvalue weighted by Crippen LogP contribution is 2.03. The largest absolute Gasteiger partial charge is 0.370 e. The number of aromatic nitrogens is 1. The summed E-state index contributed by atoms with van der Waals surface area (Å²) in [6.45, 7) is 0.724. The molecule has 5 heteroatoms. The lowest BCUT2D eigenvalue weighted by Gasteiger charge is -2.04. The molecule has 1 atom stereocenters. The van der Waals surface area contributed by atoms with E-state index in [1.54, 1.807) is 18.4 Å². The Hall–Kier alpha value is -1.41. The van der Waals surface area contributed by atoms with Crippen molar-refractivity contribution in [1.82, 2.24) is 4.98 Å². The van der Waals surface area contributed by atoms with Crippen LogP contribution in [0.15, 0.2) is 18.2 Å². The molecule has 1 rings (SSSR count). The van der Waals surface area contributed by atoms with Crippen molar-refractivity contribution in [3.8, 4) is 6.07 Å². The van der Waals surface area contributed by atoms with Crippen LogP contribution in [0.3, 0.4) is 0 Å². The zero-order chi connectivity index (χ0) is 11.1. The maximum absolute atomic E-state index is 10.8. The highest BCUT2D eigenvalue weighted by Gasteiger charge is 1.96. The van der Waals surface area contributed by atoms with Gasteiger partial charge in [-0.2, -0.15) is 5.26 Å². The van der Waals surface area contributed by atoms with Gasteiger partial charge in [0.15, 0.2) is 0 Å². The number of hydrogen-bond donors (Lipinski definition) is 1. The second-order valence-corrected chi connectivity index (χ2v) is 4.63. The quantitative estimate of drug-likeness (QED) is 0.760. The molecule has 1 aromatic heterocycles. The topological polar surface area (TPSA) is 65.8 Å². The minimum atomic E-state index is -0.742. The third-order valence-electron chi connectivity index (χ3n) is 1.78. The molecule has 0 saturated heterocycles. The third kappa shape index (κ3) is 4.56. The Morgan fingerprint density at radius 3 is 3.07 bits per heavy atom. The van der Waals surface area contributed by atoms with E-state index in [-0.39, 0.29) is 0 Å². The predicted molar refractivity (Wildman–Crippen MR) is 61.0 cm³/mol. The average molecular weight is 223 g/mol. The van der Waals surface area contributed by atoms with E-state index in [2.05, 4.69) is 10.3 Å². The van der Waals surface area contributed by atoms with Crippen LogP contribution in [0, 0.1) is 11.3 Å². The van der Waals surface area contributed by atoms with Crippen LogP contribution < -0.4 is 5.32 Å². The number of nitrogens with one attached hydrogen (secondary N) is 1. The van der Waals surface area contributed by atoms with Crippen LogP contribution in [0.4, 0.5) is 5.82 Å². The van der Waals surface area contributed by atoms with Gasteiger partial charge in [0.2, 0.25) is 0 Å². The first-order valence-corrected chi connectivity index (χ1v) is 6.36. The van der Waals surface area contributed by atoms with Crippen LogP contribution in [-0.4, -0.2) is 27.7 Å². The molecule has 0 aliphatic rings. The Labute approximate surface area is 91.8 Å². The molecular weight excluding hydrogens is 210 g/mol. The highest BCUT2D eigenvalue weighted by molar-refractivity contribution is 7.84. The summed E-state index contributed by atoms with van der Waals surface area (Å²) >= 11 is 0. The molecule has 80 valence electrons. The molecule has 0 aliphatic carbocycles. The molecule has 0 amide bonds. The van der Waals surface area contributed by atoms with E-state index >= 15 is 0 Å². The number of hydrogen-bond acceptors (Lipinski definition) is 4. The first-order valence-electron chi connectivity index (χ1n) is 4.63. The van der Waals surface area contributed by atoms with E-state index in [0.29, 0.717) is 17.3 Å². The Kier molecular flexibility index (Phi) is 4.78. The van der Waals surface area contributed by atoms with E-state index < -0.39 is 10.8 Å². The van der Waals surface area contributed by atoms with Crippen molar-refractivity contribution < 1.29 is 4.21 Å². The molecule has 1 unspecified atom stereocenters. The molecule has 1 aromatic rings. The molecular formula is C10H13N3OS. The summed E-state index contributed by atoms with van der Waals surface area (Å²) in [7, 11) is -0.742. The van der Waals surface area contributed by atoms with Crippen LogP contribution in [0.25, 0.3) is 0 Å². The van der Waals surface area contributed by atoms with Crippen molar-refractivity contribution in [2.75, 3.05) is 23.9 Å². The number of nitrogens with zero attached hydrogens (tertiary/aromatic N) is 2. The Morgan fingerprint density at radius 2 is 2.40 bits per heavy atom. The van der Waals surface area contributed by atoms with Crippen LogP contribution in [0.5, 0.6) is 0 Å². The van der Waals surface area contributed by atoms with Crippen LogP contribution in [0.2, 0.25) is 0 Å². The van der Waals surface area contributed by atoms with Crippen molar-refractivity contribution in [3.63, 3.8) is 0 Å². The van der Waals surface area contributed by atoms with Gasteiger partial charge in [0.05, 0.1) is 0 Å².